The normalized spacial score (nSPS) is 16.8. The molecule has 1 aliphatic heterocycles. The molecular weight excluding hydrogens is 334 g/mol. The number of hydrogen-bond donors (Lipinski definition) is 2. The van der Waals surface area contributed by atoms with Gasteiger partial charge in [-0.3, -0.25) is 9.59 Å². The Labute approximate surface area is 149 Å². The lowest BCUT2D eigenvalue weighted by atomic mass is 10.2. The number of thiazole rings is 1. The van der Waals surface area contributed by atoms with E-state index in [0.717, 1.165) is 16.1 Å². The fourth-order valence-electron chi connectivity index (χ4n) is 2.89. The van der Waals surface area contributed by atoms with Gasteiger partial charge in [-0.1, -0.05) is 6.07 Å². The average molecular weight is 351 g/mol. The van der Waals surface area contributed by atoms with E-state index in [-0.39, 0.29) is 11.8 Å². The van der Waals surface area contributed by atoms with Crippen molar-refractivity contribution in [1.82, 2.24) is 10.3 Å². The van der Waals surface area contributed by atoms with Gasteiger partial charge in [0, 0.05) is 17.7 Å². The fraction of sp³-hybridized carbons (Fsp3) is 0.211. The third-order valence-corrected chi connectivity index (χ3v) is 5.32. The summed E-state index contributed by atoms with van der Waals surface area (Å²) in [5.41, 5.74) is 3.96. The van der Waals surface area contributed by atoms with E-state index in [4.69, 9.17) is 0 Å². The Kier molecular flexibility index (Phi) is 3.97. The molecule has 1 aliphatic rings. The SMILES string of the molecule is Cc1ccc2nc(-c3ccc(NC(=O)[C@@H]4CCC(=O)N4)cc3)sc2c1. The van der Waals surface area contributed by atoms with Crippen LogP contribution in [0.2, 0.25) is 0 Å². The summed E-state index contributed by atoms with van der Waals surface area (Å²) >= 11 is 1.66. The second-order valence-electron chi connectivity index (χ2n) is 6.22. The van der Waals surface area contributed by atoms with Gasteiger partial charge in [0.1, 0.15) is 11.0 Å². The first-order valence-electron chi connectivity index (χ1n) is 8.16. The Hall–Kier alpha value is -2.73. The third-order valence-electron chi connectivity index (χ3n) is 4.26. The molecule has 0 bridgehead atoms. The Morgan fingerprint density at radius 3 is 2.76 bits per heavy atom. The van der Waals surface area contributed by atoms with Crippen molar-refractivity contribution < 1.29 is 9.59 Å². The molecule has 0 saturated carbocycles. The first-order chi connectivity index (χ1) is 12.1. The molecule has 0 aliphatic carbocycles. The van der Waals surface area contributed by atoms with Crippen LogP contribution in [-0.4, -0.2) is 22.8 Å². The quantitative estimate of drug-likeness (QED) is 0.759. The maximum absolute atomic E-state index is 12.1. The van der Waals surface area contributed by atoms with Crippen molar-refractivity contribution in [2.45, 2.75) is 25.8 Å². The number of carbonyl (C=O) groups is 2. The molecule has 2 N–H and O–H groups in total. The number of nitrogens with zero attached hydrogens (tertiary/aromatic N) is 1. The van der Waals surface area contributed by atoms with Crippen LogP contribution >= 0.6 is 11.3 Å². The molecule has 1 aromatic heterocycles. The van der Waals surface area contributed by atoms with Crippen LogP contribution < -0.4 is 10.6 Å². The van der Waals surface area contributed by atoms with E-state index < -0.39 is 6.04 Å². The Bertz CT molecular complexity index is 962. The molecular formula is C19H17N3O2S. The standard InChI is InChI=1S/C19H17N3O2S/c1-11-2-7-14-16(10-11)25-19(22-14)12-3-5-13(6-4-12)20-18(24)15-8-9-17(23)21-15/h2-7,10,15H,8-9H2,1H3,(H,20,24)(H,21,23)/t15-/m0/s1. The van der Waals surface area contributed by atoms with Crippen LogP contribution in [0.1, 0.15) is 18.4 Å². The average Bonchev–Trinajstić information content (AvgIpc) is 3.21. The maximum atomic E-state index is 12.1. The van der Waals surface area contributed by atoms with Crippen LogP contribution in [0.5, 0.6) is 0 Å². The molecule has 5 nitrogen and oxygen atoms in total. The zero-order chi connectivity index (χ0) is 17.4. The van der Waals surface area contributed by atoms with E-state index in [1.165, 1.54) is 10.3 Å². The van der Waals surface area contributed by atoms with E-state index in [0.29, 0.717) is 18.5 Å². The van der Waals surface area contributed by atoms with Crippen molar-refractivity contribution in [3.8, 4) is 10.6 Å². The van der Waals surface area contributed by atoms with Gasteiger partial charge in [0.25, 0.3) is 0 Å². The van der Waals surface area contributed by atoms with Crippen LogP contribution in [0, 0.1) is 6.92 Å². The molecule has 0 unspecified atom stereocenters. The molecule has 25 heavy (non-hydrogen) atoms. The monoisotopic (exact) mass is 351 g/mol. The fourth-order valence-corrected chi connectivity index (χ4v) is 3.96. The molecule has 2 heterocycles. The summed E-state index contributed by atoms with van der Waals surface area (Å²) in [6, 6.07) is 13.4. The minimum Gasteiger partial charge on any atom is -0.344 e. The lowest BCUT2D eigenvalue weighted by Crippen LogP contribution is -2.37. The van der Waals surface area contributed by atoms with Crippen LogP contribution in [0.15, 0.2) is 42.5 Å². The van der Waals surface area contributed by atoms with Gasteiger partial charge in [-0.25, -0.2) is 4.98 Å². The summed E-state index contributed by atoms with van der Waals surface area (Å²) in [4.78, 5) is 28.0. The van der Waals surface area contributed by atoms with Crippen molar-refractivity contribution in [3.05, 3.63) is 48.0 Å². The molecule has 2 amide bonds. The summed E-state index contributed by atoms with van der Waals surface area (Å²) in [7, 11) is 0. The molecule has 126 valence electrons. The number of aromatic nitrogens is 1. The third kappa shape index (κ3) is 3.25. The number of rotatable bonds is 3. The highest BCUT2D eigenvalue weighted by Crippen LogP contribution is 2.31. The second kappa shape index (κ2) is 6.29. The molecule has 2 aromatic carbocycles. The summed E-state index contributed by atoms with van der Waals surface area (Å²) in [5, 5.41) is 6.48. The number of carbonyl (C=O) groups excluding carboxylic acids is 2. The number of amides is 2. The largest absolute Gasteiger partial charge is 0.344 e. The number of benzene rings is 2. The van der Waals surface area contributed by atoms with E-state index in [2.05, 4.69) is 34.7 Å². The van der Waals surface area contributed by atoms with E-state index in [1.807, 2.05) is 30.3 Å². The highest BCUT2D eigenvalue weighted by molar-refractivity contribution is 7.21. The number of nitrogens with one attached hydrogen (secondary N) is 2. The van der Waals surface area contributed by atoms with Crippen molar-refractivity contribution in [3.63, 3.8) is 0 Å². The molecule has 0 spiro atoms. The summed E-state index contributed by atoms with van der Waals surface area (Å²) < 4.78 is 1.17. The Balaban J connectivity index is 1.51. The van der Waals surface area contributed by atoms with Gasteiger partial charge in [0.2, 0.25) is 11.8 Å². The van der Waals surface area contributed by atoms with Crippen LogP contribution in [0.25, 0.3) is 20.8 Å². The van der Waals surface area contributed by atoms with Gasteiger partial charge < -0.3 is 10.6 Å². The smallest absolute Gasteiger partial charge is 0.246 e. The van der Waals surface area contributed by atoms with Gasteiger partial charge >= 0.3 is 0 Å². The van der Waals surface area contributed by atoms with Crippen LogP contribution in [-0.2, 0) is 9.59 Å². The molecule has 4 rings (SSSR count). The van der Waals surface area contributed by atoms with Crippen molar-refractivity contribution >= 4 is 39.1 Å². The van der Waals surface area contributed by atoms with Gasteiger partial charge in [-0.2, -0.15) is 0 Å². The van der Waals surface area contributed by atoms with E-state index in [1.54, 1.807) is 11.3 Å². The Morgan fingerprint density at radius 2 is 2.04 bits per heavy atom. The van der Waals surface area contributed by atoms with E-state index >= 15 is 0 Å². The minimum absolute atomic E-state index is 0.0680. The molecule has 1 saturated heterocycles. The lowest BCUT2D eigenvalue weighted by Gasteiger charge is -2.11. The molecule has 6 heteroatoms. The lowest BCUT2D eigenvalue weighted by molar-refractivity contribution is -0.122. The summed E-state index contributed by atoms with van der Waals surface area (Å²) in [6.45, 7) is 2.07. The van der Waals surface area contributed by atoms with Crippen molar-refractivity contribution in [1.29, 1.82) is 0 Å². The second-order valence-corrected chi connectivity index (χ2v) is 7.25. The first kappa shape index (κ1) is 15.8. The van der Waals surface area contributed by atoms with Gasteiger partial charge in [-0.05, 0) is 55.3 Å². The minimum atomic E-state index is -0.431. The van der Waals surface area contributed by atoms with E-state index in [9.17, 15) is 9.59 Å². The van der Waals surface area contributed by atoms with Gasteiger partial charge in [0.05, 0.1) is 10.2 Å². The molecule has 1 atom stereocenters. The molecule has 0 radical (unpaired) electrons. The van der Waals surface area contributed by atoms with Gasteiger partial charge in [-0.15, -0.1) is 11.3 Å². The topological polar surface area (TPSA) is 71.1 Å². The van der Waals surface area contributed by atoms with Crippen molar-refractivity contribution in [2.24, 2.45) is 0 Å². The summed E-state index contributed by atoms with van der Waals surface area (Å²) in [6.07, 6.45) is 0.960. The number of anilines is 1. The molecule has 3 aromatic rings. The zero-order valence-electron chi connectivity index (χ0n) is 13.7. The van der Waals surface area contributed by atoms with Crippen LogP contribution in [0.4, 0.5) is 5.69 Å². The maximum Gasteiger partial charge on any atom is 0.246 e. The predicted octanol–water partition coefficient (Wildman–Crippen LogP) is 3.49. The number of hydrogen-bond acceptors (Lipinski definition) is 4. The highest BCUT2D eigenvalue weighted by atomic mass is 32.1. The Morgan fingerprint density at radius 1 is 1.24 bits per heavy atom. The zero-order valence-corrected chi connectivity index (χ0v) is 14.5. The van der Waals surface area contributed by atoms with Crippen molar-refractivity contribution in [2.75, 3.05) is 5.32 Å². The highest BCUT2D eigenvalue weighted by Gasteiger charge is 2.27. The predicted molar refractivity (Wildman–Crippen MR) is 99.6 cm³/mol. The molecule has 1 fully saturated rings. The van der Waals surface area contributed by atoms with Crippen LogP contribution in [0.3, 0.4) is 0 Å². The first-order valence-corrected chi connectivity index (χ1v) is 8.98. The summed E-state index contributed by atoms with van der Waals surface area (Å²) in [5.74, 6) is -0.240. The number of aryl methyl sites for hydroxylation is 1. The van der Waals surface area contributed by atoms with Gasteiger partial charge in [0.15, 0.2) is 0 Å². The number of fused-ring (bicyclic) bond motifs is 1.